The lowest BCUT2D eigenvalue weighted by Crippen LogP contribution is -2.29. The average Bonchev–Trinajstić information content (AvgIpc) is 2.35. The summed E-state index contributed by atoms with van der Waals surface area (Å²) in [6, 6.07) is 4.44. The number of ether oxygens (including phenoxy) is 1. The molecule has 92 valence electrons. The van der Waals surface area contributed by atoms with Crippen molar-refractivity contribution in [2.75, 3.05) is 7.11 Å². The monoisotopic (exact) mass is 302 g/mol. The van der Waals surface area contributed by atoms with Gasteiger partial charge >= 0.3 is 5.97 Å². The molecule has 0 fully saturated rings. The second kappa shape index (κ2) is 5.90. The molecule has 5 nitrogen and oxygen atoms in total. The Morgan fingerprint density at radius 3 is 2.59 bits per heavy atom. The van der Waals surface area contributed by atoms with Gasteiger partial charge in [0.2, 0.25) is 0 Å². The number of halogens is 1. The van der Waals surface area contributed by atoms with Crippen molar-refractivity contribution in [2.24, 2.45) is 0 Å². The zero-order valence-corrected chi connectivity index (χ0v) is 10.5. The first-order chi connectivity index (χ1) is 7.99. The first-order valence-corrected chi connectivity index (χ1v) is 5.48. The Labute approximate surface area is 106 Å². The quantitative estimate of drug-likeness (QED) is 0.636. The molecule has 0 bridgehead atoms. The summed E-state index contributed by atoms with van der Waals surface area (Å²) in [7, 11) is 1.11. The molecule has 1 aromatic carbocycles. The van der Waals surface area contributed by atoms with Gasteiger partial charge in [0, 0.05) is 10.0 Å². The molecule has 0 aliphatic carbocycles. The van der Waals surface area contributed by atoms with Gasteiger partial charge in [-0.2, -0.15) is 0 Å². The number of aliphatic hydroxyl groups excluding tert-OH is 2. The summed E-state index contributed by atoms with van der Waals surface area (Å²) in [6.07, 6.45) is -2.53. The second-order valence-corrected chi connectivity index (χ2v) is 4.26. The van der Waals surface area contributed by atoms with Crippen molar-refractivity contribution < 1.29 is 24.5 Å². The molecule has 0 aliphatic heterocycles. The van der Waals surface area contributed by atoms with Crippen LogP contribution in [0.15, 0.2) is 22.7 Å². The summed E-state index contributed by atoms with van der Waals surface area (Å²) in [6.45, 7) is 0. The second-order valence-electron chi connectivity index (χ2n) is 3.35. The number of rotatable bonds is 4. The van der Waals surface area contributed by atoms with Gasteiger partial charge in [-0.25, -0.2) is 4.79 Å². The molecule has 0 saturated heterocycles. The van der Waals surface area contributed by atoms with Crippen LogP contribution in [0, 0.1) is 0 Å². The molecule has 2 unspecified atom stereocenters. The number of carbonyl (C=O) groups is 2. The highest BCUT2D eigenvalue weighted by Crippen LogP contribution is 2.23. The molecule has 17 heavy (non-hydrogen) atoms. The molecule has 0 amide bonds. The summed E-state index contributed by atoms with van der Waals surface area (Å²) in [5.74, 6) is -0.940. The van der Waals surface area contributed by atoms with Crippen molar-refractivity contribution in [3.63, 3.8) is 0 Å². The Kier molecular flexibility index (Phi) is 4.80. The van der Waals surface area contributed by atoms with Crippen LogP contribution in [-0.2, 0) is 9.53 Å². The van der Waals surface area contributed by atoms with Gasteiger partial charge in [0.05, 0.1) is 7.11 Å². The number of hydrogen-bond donors (Lipinski definition) is 2. The largest absolute Gasteiger partial charge is 0.467 e. The molecule has 2 N–H and O–H groups in total. The van der Waals surface area contributed by atoms with Gasteiger partial charge in [-0.1, -0.05) is 15.9 Å². The minimum Gasteiger partial charge on any atom is -0.467 e. The smallest absolute Gasteiger partial charge is 0.337 e. The van der Waals surface area contributed by atoms with E-state index in [2.05, 4.69) is 20.7 Å². The number of esters is 1. The Morgan fingerprint density at radius 2 is 2.06 bits per heavy atom. The van der Waals surface area contributed by atoms with Gasteiger partial charge in [-0.15, -0.1) is 0 Å². The van der Waals surface area contributed by atoms with E-state index in [9.17, 15) is 19.8 Å². The third kappa shape index (κ3) is 3.36. The lowest BCUT2D eigenvalue weighted by molar-refractivity contribution is -0.156. The maximum Gasteiger partial charge on any atom is 0.337 e. The highest BCUT2D eigenvalue weighted by molar-refractivity contribution is 9.10. The van der Waals surface area contributed by atoms with Crippen LogP contribution in [0.4, 0.5) is 0 Å². The topological polar surface area (TPSA) is 83.8 Å². The summed E-state index contributed by atoms with van der Waals surface area (Å²) in [5, 5.41) is 19.2. The predicted octanol–water partition coefficient (Wildman–Crippen LogP) is 0.829. The van der Waals surface area contributed by atoms with Gasteiger partial charge in [0.25, 0.3) is 0 Å². The first-order valence-electron chi connectivity index (χ1n) is 4.69. The van der Waals surface area contributed by atoms with E-state index in [0.29, 0.717) is 16.3 Å². The summed E-state index contributed by atoms with van der Waals surface area (Å²) < 4.78 is 4.87. The van der Waals surface area contributed by atoms with E-state index in [0.717, 1.165) is 7.11 Å². The Hall–Kier alpha value is -1.24. The molecule has 0 aromatic heterocycles. The maximum atomic E-state index is 11.1. The van der Waals surface area contributed by atoms with Crippen molar-refractivity contribution >= 4 is 28.2 Å². The van der Waals surface area contributed by atoms with Crippen LogP contribution in [0.3, 0.4) is 0 Å². The average molecular weight is 303 g/mol. The molecule has 0 spiro atoms. The first kappa shape index (κ1) is 13.8. The lowest BCUT2D eigenvalue weighted by atomic mass is 10.0. The van der Waals surface area contributed by atoms with Crippen LogP contribution in [0.25, 0.3) is 0 Å². The number of methoxy groups -OCH3 is 1. The van der Waals surface area contributed by atoms with Crippen LogP contribution in [0.5, 0.6) is 0 Å². The molecule has 6 heteroatoms. The van der Waals surface area contributed by atoms with Crippen molar-refractivity contribution in [3.8, 4) is 0 Å². The van der Waals surface area contributed by atoms with Crippen LogP contribution in [0.1, 0.15) is 22.0 Å². The van der Waals surface area contributed by atoms with Gasteiger partial charge in [-0.05, 0) is 23.8 Å². The lowest BCUT2D eigenvalue weighted by Gasteiger charge is -2.16. The molecule has 0 heterocycles. The molecule has 2 atom stereocenters. The molecule has 0 saturated carbocycles. The molecule has 1 rings (SSSR count). The Morgan fingerprint density at radius 1 is 1.41 bits per heavy atom. The van der Waals surface area contributed by atoms with Crippen molar-refractivity contribution in [1.29, 1.82) is 0 Å². The van der Waals surface area contributed by atoms with Gasteiger partial charge in [0.15, 0.2) is 6.10 Å². The number of benzene rings is 1. The maximum absolute atomic E-state index is 11.1. The van der Waals surface area contributed by atoms with E-state index in [-0.39, 0.29) is 5.56 Å². The SMILES string of the molecule is COC(=O)C(O)C(O)c1cc(Br)cc(C=O)c1. The molecule has 0 aliphatic rings. The number of aldehydes is 1. The van der Waals surface area contributed by atoms with Crippen LogP contribution in [-0.4, -0.2) is 35.7 Å². The summed E-state index contributed by atoms with van der Waals surface area (Å²) >= 11 is 3.16. The third-order valence-electron chi connectivity index (χ3n) is 2.16. The van der Waals surface area contributed by atoms with Gasteiger partial charge < -0.3 is 14.9 Å². The number of hydrogen-bond acceptors (Lipinski definition) is 5. The zero-order chi connectivity index (χ0) is 13.0. The molecule has 0 radical (unpaired) electrons. The highest BCUT2D eigenvalue weighted by Gasteiger charge is 2.26. The third-order valence-corrected chi connectivity index (χ3v) is 2.62. The van der Waals surface area contributed by atoms with E-state index in [1.165, 1.54) is 12.1 Å². The van der Waals surface area contributed by atoms with Crippen molar-refractivity contribution in [2.45, 2.75) is 12.2 Å². The Balaban J connectivity index is 3.03. The van der Waals surface area contributed by atoms with E-state index in [1.54, 1.807) is 6.07 Å². The zero-order valence-electron chi connectivity index (χ0n) is 8.96. The highest BCUT2D eigenvalue weighted by atomic mass is 79.9. The number of aliphatic hydroxyl groups is 2. The van der Waals surface area contributed by atoms with Gasteiger partial charge in [0.1, 0.15) is 12.4 Å². The summed E-state index contributed by atoms with van der Waals surface area (Å²) in [5.41, 5.74) is 0.574. The Bertz CT molecular complexity index is 432. The minimum absolute atomic E-state index is 0.249. The van der Waals surface area contributed by atoms with Gasteiger partial charge in [-0.3, -0.25) is 4.79 Å². The fourth-order valence-corrected chi connectivity index (χ4v) is 1.84. The van der Waals surface area contributed by atoms with E-state index < -0.39 is 18.2 Å². The number of carbonyl (C=O) groups excluding carboxylic acids is 2. The van der Waals surface area contributed by atoms with Crippen LogP contribution in [0.2, 0.25) is 0 Å². The normalized spacial score (nSPS) is 13.9. The van der Waals surface area contributed by atoms with E-state index in [1.807, 2.05) is 0 Å². The molecular weight excluding hydrogens is 292 g/mol. The minimum atomic E-state index is -1.69. The van der Waals surface area contributed by atoms with Crippen molar-refractivity contribution in [1.82, 2.24) is 0 Å². The van der Waals surface area contributed by atoms with Crippen molar-refractivity contribution in [3.05, 3.63) is 33.8 Å². The summed E-state index contributed by atoms with van der Waals surface area (Å²) in [4.78, 5) is 21.7. The molecule has 1 aromatic rings. The fourth-order valence-electron chi connectivity index (χ4n) is 1.31. The predicted molar refractivity (Wildman–Crippen MR) is 62.5 cm³/mol. The molecular formula is C11H11BrO5. The van der Waals surface area contributed by atoms with Crippen LogP contribution < -0.4 is 0 Å². The fraction of sp³-hybridized carbons (Fsp3) is 0.273. The van der Waals surface area contributed by atoms with E-state index >= 15 is 0 Å². The standard InChI is InChI=1S/C11H11BrO5/c1-17-11(16)10(15)9(14)7-2-6(5-13)3-8(12)4-7/h2-5,9-10,14-15H,1H3. The van der Waals surface area contributed by atoms with E-state index in [4.69, 9.17) is 0 Å². The van der Waals surface area contributed by atoms with Crippen LogP contribution >= 0.6 is 15.9 Å².